The molecule has 0 bridgehead atoms. The molecule has 1 fully saturated rings. The van der Waals surface area contributed by atoms with E-state index in [1.807, 2.05) is 0 Å². The highest BCUT2D eigenvalue weighted by Crippen LogP contribution is 2.23. The van der Waals surface area contributed by atoms with Gasteiger partial charge in [0.15, 0.2) is 0 Å². The molecule has 1 unspecified atom stereocenters. The van der Waals surface area contributed by atoms with Crippen LogP contribution in [-0.4, -0.2) is 56.5 Å². The Bertz CT molecular complexity index is 1150. The smallest absolute Gasteiger partial charge is 0.278 e. The van der Waals surface area contributed by atoms with Crippen LogP contribution in [0.15, 0.2) is 53.3 Å². The molecule has 2 aromatic carbocycles. The molecule has 1 saturated heterocycles. The molecule has 30 heavy (non-hydrogen) atoms. The van der Waals surface area contributed by atoms with Crippen LogP contribution in [0.25, 0.3) is 10.9 Å². The Balaban J connectivity index is 1.47. The van der Waals surface area contributed by atoms with E-state index in [0.29, 0.717) is 34.0 Å². The lowest BCUT2D eigenvalue weighted by Crippen LogP contribution is -2.46. The van der Waals surface area contributed by atoms with Gasteiger partial charge in [0.05, 0.1) is 18.4 Å². The largest absolute Gasteiger partial charge is 0.497 e. The number of carbonyl (C=O) groups is 2. The fraction of sp³-hybridized carbons (Fsp3) is 0.250. The summed E-state index contributed by atoms with van der Waals surface area (Å²) in [7, 11) is 1.57. The van der Waals surface area contributed by atoms with Crippen molar-refractivity contribution in [2.75, 3.05) is 24.1 Å². The lowest BCUT2D eigenvalue weighted by Gasteiger charge is -2.23. The predicted octanol–water partition coefficient (Wildman–Crippen LogP) is 1.34. The van der Waals surface area contributed by atoms with Gasteiger partial charge in [-0.1, -0.05) is 17.3 Å². The monoisotopic (exact) mass is 425 g/mol. The van der Waals surface area contributed by atoms with E-state index < -0.39 is 6.04 Å². The zero-order valence-electron chi connectivity index (χ0n) is 16.1. The summed E-state index contributed by atoms with van der Waals surface area (Å²) in [5.74, 6) is 0.890. The SMILES string of the molecule is COc1ccc(NC(=O)C2CSCN2C(=O)Cn2nnc3ccccc3c2=O)cc1. The molecule has 10 heteroatoms. The van der Waals surface area contributed by atoms with Crippen LogP contribution in [0.5, 0.6) is 5.75 Å². The van der Waals surface area contributed by atoms with Gasteiger partial charge in [-0.25, -0.2) is 4.68 Å². The van der Waals surface area contributed by atoms with Gasteiger partial charge < -0.3 is 15.0 Å². The standard InChI is InChI=1S/C20H19N5O4S/c1-29-14-8-6-13(7-9-14)21-19(27)17-11-30-12-24(17)18(26)10-25-20(28)15-4-2-3-5-16(15)22-23-25/h2-9,17H,10-12H2,1H3,(H,21,27). The quantitative estimate of drug-likeness (QED) is 0.657. The third kappa shape index (κ3) is 3.99. The van der Waals surface area contributed by atoms with Crippen LogP contribution in [0.4, 0.5) is 5.69 Å². The second-order valence-corrected chi connectivity index (χ2v) is 7.67. The number of amides is 2. The van der Waals surface area contributed by atoms with E-state index in [1.54, 1.807) is 55.6 Å². The summed E-state index contributed by atoms with van der Waals surface area (Å²) in [4.78, 5) is 39.6. The van der Waals surface area contributed by atoms with Crippen molar-refractivity contribution in [3.05, 3.63) is 58.9 Å². The van der Waals surface area contributed by atoms with Crippen molar-refractivity contribution in [1.82, 2.24) is 19.9 Å². The van der Waals surface area contributed by atoms with Crippen LogP contribution >= 0.6 is 11.8 Å². The number of rotatable bonds is 5. The van der Waals surface area contributed by atoms with E-state index in [2.05, 4.69) is 15.6 Å². The highest BCUT2D eigenvalue weighted by Gasteiger charge is 2.35. The Hall–Kier alpha value is -3.40. The van der Waals surface area contributed by atoms with Crippen molar-refractivity contribution in [3.63, 3.8) is 0 Å². The maximum atomic E-state index is 12.8. The normalized spacial score (nSPS) is 15.9. The van der Waals surface area contributed by atoms with Gasteiger partial charge >= 0.3 is 0 Å². The predicted molar refractivity (Wildman–Crippen MR) is 113 cm³/mol. The van der Waals surface area contributed by atoms with Crippen LogP contribution in [0.3, 0.4) is 0 Å². The number of hydrogen-bond acceptors (Lipinski definition) is 7. The van der Waals surface area contributed by atoms with E-state index in [4.69, 9.17) is 4.74 Å². The zero-order valence-corrected chi connectivity index (χ0v) is 17.0. The zero-order chi connectivity index (χ0) is 21.1. The molecule has 2 amide bonds. The number of thioether (sulfide) groups is 1. The molecular weight excluding hydrogens is 406 g/mol. The number of anilines is 1. The Labute approximate surface area is 176 Å². The van der Waals surface area contributed by atoms with Crippen molar-refractivity contribution in [3.8, 4) is 5.75 Å². The van der Waals surface area contributed by atoms with Crippen molar-refractivity contribution in [1.29, 1.82) is 0 Å². The molecule has 0 aliphatic carbocycles. The molecule has 0 spiro atoms. The number of carbonyl (C=O) groups excluding carboxylic acids is 2. The van der Waals surface area contributed by atoms with Gasteiger partial charge in [0.1, 0.15) is 23.9 Å². The number of benzene rings is 2. The summed E-state index contributed by atoms with van der Waals surface area (Å²) in [6.45, 7) is -0.274. The number of hydrogen-bond donors (Lipinski definition) is 1. The minimum atomic E-state index is -0.631. The molecule has 1 aliphatic heterocycles. The molecular formula is C20H19N5O4S. The highest BCUT2D eigenvalue weighted by atomic mass is 32.2. The van der Waals surface area contributed by atoms with Crippen molar-refractivity contribution in [2.24, 2.45) is 0 Å². The molecule has 4 rings (SSSR count). The fourth-order valence-corrected chi connectivity index (χ4v) is 4.33. The Kier molecular flexibility index (Phi) is 5.66. The second-order valence-electron chi connectivity index (χ2n) is 6.67. The van der Waals surface area contributed by atoms with Crippen LogP contribution in [0, 0.1) is 0 Å². The number of nitrogens with one attached hydrogen (secondary N) is 1. The van der Waals surface area contributed by atoms with Gasteiger partial charge in [-0.2, -0.15) is 0 Å². The van der Waals surface area contributed by atoms with E-state index in [0.717, 1.165) is 4.68 Å². The summed E-state index contributed by atoms with van der Waals surface area (Å²) in [6.07, 6.45) is 0. The molecule has 1 atom stereocenters. The van der Waals surface area contributed by atoms with Crippen LogP contribution in [0.2, 0.25) is 0 Å². The summed E-state index contributed by atoms with van der Waals surface area (Å²) < 4.78 is 6.14. The van der Waals surface area contributed by atoms with E-state index in [1.165, 1.54) is 16.7 Å². The molecule has 2 heterocycles. The van der Waals surface area contributed by atoms with Gasteiger partial charge in [-0.3, -0.25) is 14.4 Å². The number of methoxy groups -OCH3 is 1. The second kappa shape index (κ2) is 8.54. The minimum Gasteiger partial charge on any atom is -0.497 e. The maximum Gasteiger partial charge on any atom is 0.278 e. The maximum absolute atomic E-state index is 12.8. The summed E-state index contributed by atoms with van der Waals surface area (Å²) in [5.41, 5.74) is 0.696. The van der Waals surface area contributed by atoms with Crippen LogP contribution < -0.4 is 15.6 Å². The Morgan fingerprint density at radius 2 is 1.97 bits per heavy atom. The summed E-state index contributed by atoms with van der Waals surface area (Å²) in [5, 5.41) is 11.1. The third-order valence-corrected chi connectivity index (χ3v) is 5.79. The van der Waals surface area contributed by atoms with E-state index in [9.17, 15) is 14.4 Å². The van der Waals surface area contributed by atoms with Gasteiger partial charge in [0.25, 0.3) is 5.56 Å². The molecule has 0 saturated carbocycles. The Morgan fingerprint density at radius 1 is 1.20 bits per heavy atom. The summed E-state index contributed by atoms with van der Waals surface area (Å²) in [6, 6.07) is 13.1. The highest BCUT2D eigenvalue weighted by molar-refractivity contribution is 7.99. The first kappa shape index (κ1) is 19.9. The van der Waals surface area contributed by atoms with Crippen molar-refractivity contribution in [2.45, 2.75) is 12.6 Å². The lowest BCUT2D eigenvalue weighted by molar-refractivity contribution is -0.137. The number of ether oxygens (including phenoxy) is 1. The first-order chi connectivity index (χ1) is 14.6. The molecule has 0 radical (unpaired) electrons. The fourth-order valence-electron chi connectivity index (χ4n) is 3.15. The Morgan fingerprint density at radius 3 is 2.73 bits per heavy atom. The minimum absolute atomic E-state index is 0.274. The van der Waals surface area contributed by atoms with Gasteiger partial charge in [-0.15, -0.1) is 16.9 Å². The third-order valence-electron chi connectivity index (χ3n) is 4.78. The van der Waals surface area contributed by atoms with Crippen LogP contribution in [-0.2, 0) is 16.1 Å². The average molecular weight is 425 g/mol. The van der Waals surface area contributed by atoms with Crippen molar-refractivity contribution < 1.29 is 14.3 Å². The molecule has 9 nitrogen and oxygen atoms in total. The summed E-state index contributed by atoms with van der Waals surface area (Å²) >= 11 is 1.48. The topological polar surface area (TPSA) is 106 Å². The van der Waals surface area contributed by atoms with E-state index >= 15 is 0 Å². The molecule has 1 aromatic heterocycles. The van der Waals surface area contributed by atoms with E-state index in [-0.39, 0.29) is 23.9 Å². The first-order valence-corrected chi connectivity index (χ1v) is 10.4. The van der Waals surface area contributed by atoms with Gasteiger partial charge in [0, 0.05) is 11.4 Å². The number of nitrogens with zero attached hydrogens (tertiary/aromatic N) is 4. The average Bonchev–Trinajstić information content (AvgIpc) is 3.27. The molecule has 3 aromatic rings. The number of aromatic nitrogens is 3. The lowest BCUT2D eigenvalue weighted by atomic mass is 10.2. The molecule has 1 aliphatic rings. The molecule has 154 valence electrons. The first-order valence-electron chi connectivity index (χ1n) is 9.21. The van der Waals surface area contributed by atoms with Crippen LogP contribution in [0.1, 0.15) is 0 Å². The van der Waals surface area contributed by atoms with Gasteiger partial charge in [0.2, 0.25) is 11.8 Å². The van der Waals surface area contributed by atoms with Gasteiger partial charge in [-0.05, 0) is 36.4 Å². The van der Waals surface area contributed by atoms with Crippen molar-refractivity contribution >= 4 is 40.2 Å². The molecule has 1 N–H and O–H groups in total. The number of fused-ring (bicyclic) bond motifs is 1.